The van der Waals surface area contributed by atoms with Crippen molar-refractivity contribution in [3.8, 4) is 0 Å². The van der Waals surface area contributed by atoms with Crippen molar-refractivity contribution >= 4 is 17.5 Å². The number of hydrogen-bond donors (Lipinski definition) is 2. The second kappa shape index (κ2) is 6.24. The summed E-state index contributed by atoms with van der Waals surface area (Å²) in [6.45, 7) is 4.33. The fourth-order valence-corrected chi connectivity index (χ4v) is 2.91. The number of aryl methyl sites for hydroxylation is 1. The van der Waals surface area contributed by atoms with Crippen LogP contribution in [-0.4, -0.2) is 21.9 Å². The van der Waals surface area contributed by atoms with Crippen LogP contribution in [0, 0.1) is 6.92 Å². The van der Waals surface area contributed by atoms with E-state index < -0.39 is 0 Å². The Hall–Kier alpha value is -2.63. The third-order valence-electron chi connectivity index (χ3n) is 3.99. The van der Waals surface area contributed by atoms with Crippen LogP contribution in [0.4, 0.5) is 11.6 Å². The molecule has 6 nitrogen and oxygen atoms in total. The van der Waals surface area contributed by atoms with E-state index in [0.29, 0.717) is 24.6 Å². The van der Waals surface area contributed by atoms with Gasteiger partial charge in [0.15, 0.2) is 0 Å². The molecule has 1 amide bonds. The molecule has 6 heteroatoms. The van der Waals surface area contributed by atoms with Gasteiger partial charge in [-0.2, -0.15) is 0 Å². The zero-order chi connectivity index (χ0) is 16.4. The normalized spacial score (nSPS) is 17.4. The number of carbonyl (C=O) groups excluding carboxylic acids is 1. The summed E-state index contributed by atoms with van der Waals surface area (Å²) >= 11 is 0. The molecule has 120 valence electrons. The second-order valence-electron chi connectivity index (χ2n) is 5.79. The summed E-state index contributed by atoms with van der Waals surface area (Å²) in [5.74, 6) is 0.376. The summed E-state index contributed by atoms with van der Waals surface area (Å²) in [6.07, 6.45) is 1.55. The van der Waals surface area contributed by atoms with E-state index in [-0.39, 0.29) is 17.5 Å². The fraction of sp³-hybridized carbons (Fsp3) is 0.353. The molecule has 0 radical (unpaired) electrons. The maximum absolute atomic E-state index is 12.6. The van der Waals surface area contributed by atoms with E-state index in [1.165, 1.54) is 6.07 Å². The summed E-state index contributed by atoms with van der Waals surface area (Å²) < 4.78 is 0. The number of H-pyrrole nitrogens is 1. The monoisotopic (exact) mass is 312 g/mol. The molecule has 2 N–H and O–H groups in total. The summed E-state index contributed by atoms with van der Waals surface area (Å²) in [7, 11) is 0. The molecule has 2 aromatic rings. The molecule has 2 heterocycles. The molecule has 0 aliphatic carbocycles. The summed E-state index contributed by atoms with van der Waals surface area (Å²) in [6, 6.07) is 8.80. The number of benzene rings is 1. The zero-order valence-electron chi connectivity index (χ0n) is 13.3. The number of aromatic nitrogens is 2. The van der Waals surface area contributed by atoms with Crippen LogP contribution < -0.4 is 15.8 Å². The number of nitrogens with one attached hydrogen (secondary N) is 2. The highest BCUT2D eigenvalue weighted by Crippen LogP contribution is 2.27. The standard InChI is InChI=1S/C17H20N4O2/c1-3-6-14-16(23)19-13-8-5-4-7-12(13)10-21(14)17-18-11(2)9-15(22)20-17/h4-5,7-9,14H,3,6,10H2,1-2H3,(H,19,23)(H,18,20,22)/t14-/m0/s1. The average Bonchev–Trinajstić information content (AvgIpc) is 2.64. The van der Waals surface area contributed by atoms with E-state index in [4.69, 9.17) is 0 Å². The first-order chi connectivity index (χ1) is 11.1. The van der Waals surface area contributed by atoms with Gasteiger partial charge in [0, 0.05) is 24.0 Å². The minimum atomic E-state index is -0.364. The number of para-hydroxylation sites is 1. The van der Waals surface area contributed by atoms with Gasteiger partial charge in [-0.15, -0.1) is 0 Å². The lowest BCUT2D eigenvalue weighted by Gasteiger charge is -2.28. The number of fused-ring (bicyclic) bond motifs is 1. The topological polar surface area (TPSA) is 78.1 Å². The highest BCUT2D eigenvalue weighted by atomic mass is 16.2. The van der Waals surface area contributed by atoms with Gasteiger partial charge in [0.2, 0.25) is 11.9 Å². The molecule has 0 saturated heterocycles. The number of nitrogens with zero attached hydrogens (tertiary/aromatic N) is 2. The minimum absolute atomic E-state index is 0.0686. The zero-order valence-corrected chi connectivity index (χ0v) is 13.3. The van der Waals surface area contributed by atoms with Gasteiger partial charge >= 0.3 is 0 Å². The van der Waals surface area contributed by atoms with Gasteiger partial charge in [-0.1, -0.05) is 31.5 Å². The molecule has 1 aliphatic heterocycles. The van der Waals surface area contributed by atoms with E-state index in [9.17, 15) is 9.59 Å². The van der Waals surface area contributed by atoms with Gasteiger partial charge < -0.3 is 10.2 Å². The van der Waals surface area contributed by atoms with Crippen molar-refractivity contribution in [1.29, 1.82) is 0 Å². The predicted octanol–water partition coefficient (Wildman–Crippen LogP) is 2.21. The Morgan fingerprint density at radius 1 is 1.30 bits per heavy atom. The van der Waals surface area contributed by atoms with Crippen LogP contribution in [-0.2, 0) is 11.3 Å². The van der Waals surface area contributed by atoms with Crippen molar-refractivity contribution in [3.05, 3.63) is 51.9 Å². The molecular weight excluding hydrogens is 292 g/mol. The molecule has 23 heavy (non-hydrogen) atoms. The van der Waals surface area contributed by atoms with Crippen molar-refractivity contribution in [1.82, 2.24) is 9.97 Å². The average molecular weight is 312 g/mol. The highest BCUT2D eigenvalue weighted by Gasteiger charge is 2.31. The van der Waals surface area contributed by atoms with Gasteiger partial charge in [0.1, 0.15) is 6.04 Å². The van der Waals surface area contributed by atoms with Crippen molar-refractivity contribution in [3.63, 3.8) is 0 Å². The Morgan fingerprint density at radius 2 is 2.09 bits per heavy atom. The first-order valence-corrected chi connectivity index (χ1v) is 7.82. The SMILES string of the molecule is CCC[C@H]1C(=O)Nc2ccccc2CN1c1nc(C)cc(=O)[nH]1. The van der Waals surface area contributed by atoms with Crippen LogP contribution in [0.25, 0.3) is 0 Å². The van der Waals surface area contributed by atoms with Crippen molar-refractivity contribution in [2.24, 2.45) is 0 Å². The maximum atomic E-state index is 12.6. The van der Waals surface area contributed by atoms with Crippen molar-refractivity contribution in [2.75, 3.05) is 10.2 Å². The Bertz CT molecular complexity index is 784. The van der Waals surface area contributed by atoms with Crippen molar-refractivity contribution in [2.45, 2.75) is 39.3 Å². The third kappa shape index (κ3) is 3.11. The van der Waals surface area contributed by atoms with Crippen LogP contribution >= 0.6 is 0 Å². The van der Waals surface area contributed by atoms with E-state index in [1.807, 2.05) is 36.1 Å². The predicted molar refractivity (Wildman–Crippen MR) is 89.5 cm³/mol. The largest absolute Gasteiger partial charge is 0.326 e. The molecule has 1 aromatic heterocycles. The Kier molecular flexibility index (Phi) is 4.14. The quantitative estimate of drug-likeness (QED) is 0.911. The van der Waals surface area contributed by atoms with Crippen LogP contribution in [0.1, 0.15) is 31.0 Å². The smallest absolute Gasteiger partial charge is 0.252 e. The molecule has 3 rings (SSSR count). The van der Waals surface area contributed by atoms with E-state index in [2.05, 4.69) is 15.3 Å². The van der Waals surface area contributed by atoms with E-state index in [1.54, 1.807) is 6.92 Å². The van der Waals surface area contributed by atoms with Crippen LogP contribution in [0.2, 0.25) is 0 Å². The number of carbonyl (C=O) groups is 1. The number of amides is 1. The summed E-state index contributed by atoms with van der Waals surface area (Å²) in [4.78, 5) is 33.5. The first-order valence-electron chi connectivity index (χ1n) is 7.82. The van der Waals surface area contributed by atoms with Gasteiger partial charge in [0.25, 0.3) is 5.56 Å². The Morgan fingerprint density at radius 3 is 2.83 bits per heavy atom. The molecule has 0 fully saturated rings. The molecular formula is C17H20N4O2. The molecule has 1 atom stereocenters. The third-order valence-corrected chi connectivity index (χ3v) is 3.99. The van der Waals surface area contributed by atoms with E-state index >= 15 is 0 Å². The lowest BCUT2D eigenvalue weighted by Crippen LogP contribution is -2.43. The van der Waals surface area contributed by atoms with Crippen LogP contribution in [0.5, 0.6) is 0 Å². The van der Waals surface area contributed by atoms with Gasteiger partial charge in [-0.05, 0) is 25.0 Å². The molecule has 1 aromatic carbocycles. The lowest BCUT2D eigenvalue weighted by molar-refractivity contribution is -0.117. The Balaban J connectivity index is 2.09. The van der Waals surface area contributed by atoms with Crippen LogP contribution in [0.15, 0.2) is 35.1 Å². The molecule has 1 aliphatic rings. The second-order valence-corrected chi connectivity index (χ2v) is 5.79. The number of rotatable bonds is 3. The summed E-state index contributed by atoms with van der Waals surface area (Å²) in [5, 5.41) is 2.99. The number of hydrogen-bond acceptors (Lipinski definition) is 4. The van der Waals surface area contributed by atoms with Crippen molar-refractivity contribution < 1.29 is 4.79 Å². The fourth-order valence-electron chi connectivity index (χ4n) is 2.91. The first kappa shape index (κ1) is 15.3. The van der Waals surface area contributed by atoms with Gasteiger partial charge in [-0.25, -0.2) is 4.98 Å². The van der Waals surface area contributed by atoms with E-state index in [0.717, 1.165) is 17.7 Å². The lowest BCUT2D eigenvalue weighted by atomic mass is 10.1. The summed E-state index contributed by atoms with van der Waals surface area (Å²) in [5.41, 5.74) is 2.25. The Labute approximate surface area is 134 Å². The highest BCUT2D eigenvalue weighted by molar-refractivity contribution is 5.98. The number of aromatic amines is 1. The maximum Gasteiger partial charge on any atom is 0.252 e. The van der Waals surface area contributed by atoms with Gasteiger partial charge in [0.05, 0.1) is 0 Å². The molecule has 0 saturated carbocycles. The molecule has 0 spiro atoms. The molecule has 0 unspecified atom stereocenters. The number of anilines is 2. The van der Waals surface area contributed by atoms with Crippen LogP contribution in [0.3, 0.4) is 0 Å². The molecule has 0 bridgehead atoms. The minimum Gasteiger partial charge on any atom is -0.326 e. The van der Waals surface area contributed by atoms with Gasteiger partial charge in [-0.3, -0.25) is 14.6 Å².